The minimum Gasteiger partial charge on any atom is -0.495 e. The summed E-state index contributed by atoms with van der Waals surface area (Å²) < 4.78 is 98.4. The Balaban J connectivity index is 1.39. The zero-order valence-electron chi connectivity index (χ0n) is 27.6. The van der Waals surface area contributed by atoms with E-state index in [4.69, 9.17) is 26.4 Å². The van der Waals surface area contributed by atoms with E-state index in [0.29, 0.717) is 45.0 Å². The van der Waals surface area contributed by atoms with Crippen LogP contribution >= 0.6 is 24.0 Å². The van der Waals surface area contributed by atoms with E-state index in [-0.39, 0.29) is 61.3 Å². The molecular weight excluding hydrogens is 755 g/mol. The Morgan fingerprint density at radius 2 is 1.64 bits per heavy atom. The molecule has 2 aliphatic heterocycles. The number of ether oxygens (including phenoxy) is 3. The minimum absolute atomic E-state index is 0.00363. The van der Waals surface area contributed by atoms with Crippen LogP contribution < -0.4 is 20.2 Å². The maximum absolute atomic E-state index is 13.7. The predicted molar refractivity (Wildman–Crippen MR) is 186 cm³/mol. The van der Waals surface area contributed by atoms with Crippen LogP contribution in [0, 0.1) is 0 Å². The van der Waals surface area contributed by atoms with E-state index in [0.717, 1.165) is 16.8 Å². The van der Waals surface area contributed by atoms with Gasteiger partial charge in [-0.3, -0.25) is 14.5 Å². The van der Waals surface area contributed by atoms with Crippen LogP contribution in [0.1, 0.15) is 27.0 Å². The fourth-order valence-corrected chi connectivity index (χ4v) is 6.43. The molecule has 3 N–H and O–H groups in total. The van der Waals surface area contributed by atoms with Crippen LogP contribution in [0.3, 0.4) is 0 Å². The van der Waals surface area contributed by atoms with Gasteiger partial charge in [0.15, 0.2) is 4.32 Å². The molecule has 19 heteroatoms. The van der Waals surface area contributed by atoms with Crippen LogP contribution in [0.25, 0.3) is 17.2 Å². The molecule has 3 aromatic carbocycles. The number of nitrogens with zero attached hydrogens (tertiary/aromatic N) is 2. The van der Waals surface area contributed by atoms with Crippen LogP contribution in [0.4, 0.5) is 32.0 Å². The van der Waals surface area contributed by atoms with Crippen molar-refractivity contribution in [2.75, 3.05) is 58.4 Å². The lowest BCUT2D eigenvalue weighted by Gasteiger charge is -2.26. The van der Waals surface area contributed by atoms with Crippen LogP contribution in [0.5, 0.6) is 11.5 Å². The van der Waals surface area contributed by atoms with Gasteiger partial charge in [-0.2, -0.15) is 26.3 Å². The number of aromatic carboxylic acids is 1. The molecule has 0 unspecified atom stereocenters. The smallest absolute Gasteiger partial charge is 0.416 e. The zero-order chi connectivity index (χ0) is 38.5. The summed E-state index contributed by atoms with van der Waals surface area (Å²) in [4.78, 5) is 39.6. The Morgan fingerprint density at radius 3 is 2.26 bits per heavy atom. The number of methoxy groups -OCH3 is 1. The van der Waals surface area contributed by atoms with Gasteiger partial charge in [-0.15, -0.1) is 0 Å². The first-order valence-corrected chi connectivity index (χ1v) is 16.9. The third kappa shape index (κ3) is 10.0. The third-order valence-corrected chi connectivity index (χ3v) is 9.20. The average molecular weight is 785 g/mol. The number of alkyl halides is 6. The molecule has 0 saturated carbocycles. The van der Waals surface area contributed by atoms with Crippen molar-refractivity contribution < 1.29 is 60.0 Å². The van der Waals surface area contributed by atoms with Crippen LogP contribution in [0.15, 0.2) is 59.5 Å². The van der Waals surface area contributed by atoms with Gasteiger partial charge in [0.1, 0.15) is 18.1 Å². The van der Waals surface area contributed by atoms with Crippen LogP contribution in [-0.4, -0.2) is 90.2 Å². The standard InChI is InChI=1S/C34H30F6N4O7S2/c1-49-27-15-20(31(47)48)2-4-25(27)42-29(45)18-41-44-30(46)28(53-32(44)52)16-22-12-19(3-5-26(22)51-11-8-43-6-9-50-10-7-43)21-13-23(33(35,36)37)17-24(14-21)34(38,39)40/h2-5,12-17,41H,6-11,18H2,1H3,(H,42,45)(H,47,48). The van der Waals surface area contributed by atoms with E-state index < -0.39 is 47.8 Å². The Kier molecular flexibility index (Phi) is 12.3. The zero-order valence-corrected chi connectivity index (χ0v) is 29.2. The molecule has 0 spiro atoms. The third-order valence-electron chi connectivity index (χ3n) is 7.90. The molecule has 11 nitrogen and oxygen atoms in total. The number of carboxylic acids is 1. The molecule has 3 aromatic rings. The Morgan fingerprint density at radius 1 is 0.962 bits per heavy atom. The predicted octanol–water partition coefficient (Wildman–Crippen LogP) is 6.15. The number of thiocarbonyl (C=S) groups is 1. The first-order chi connectivity index (χ1) is 25.0. The molecule has 0 radical (unpaired) electrons. The summed E-state index contributed by atoms with van der Waals surface area (Å²) in [7, 11) is 1.29. The van der Waals surface area contributed by atoms with Crippen molar-refractivity contribution in [2.24, 2.45) is 0 Å². The second kappa shape index (κ2) is 16.5. The molecule has 0 bridgehead atoms. The lowest BCUT2D eigenvalue weighted by molar-refractivity contribution is -0.143. The lowest BCUT2D eigenvalue weighted by atomic mass is 9.97. The van der Waals surface area contributed by atoms with Crippen molar-refractivity contribution in [2.45, 2.75) is 12.4 Å². The fourth-order valence-electron chi connectivity index (χ4n) is 5.22. The molecule has 5 rings (SSSR count). The van der Waals surface area contributed by atoms with Crippen LogP contribution in [0.2, 0.25) is 0 Å². The number of hydrogen-bond donors (Lipinski definition) is 3. The Bertz CT molecular complexity index is 1900. The first kappa shape index (κ1) is 39.5. The number of hydrogen-bond acceptors (Lipinski definition) is 10. The van der Waals surface area contributed by atoms with Crippen molar-refractivity contribution in [3.05, 3.63) is 81.8 Å². The number of rotatable bonds is 12. The summed E-state index contributed by atoms with van der Waals surface area (Å²) in [6.45, 7) is 2.63. The number of thioether (sulfide) groups is 1. The molecule has 282 valence electrons. The highest BCUT2D eigenvalue weighted by atomic mass is 32.2. The van der Waals surface area contributed by atoms with Gasteiger partial charge < -0.3 is 24.6 Å². The van der Waals surface area contributed by atoms with Gasteiger partial charge >= 0.3 is 18.3 Å². The molecule has 2 heterocycles. The number of carbonyl (C=O) groups excluding carboxylic acids is 2. The molecule has 2 fully saturated rings. The quantitative estimate of drug-likeness (QED) is 0.111. The van der Waals surface area contributed by atoms with Crippen molar-refractivity contribution in [1.82, 2.24) is 15.3 Å². The summed E-state index contributed by atoms with van der Waals surface area (Å²) in [5.41, 5.74) is -0.455. The molecule has 0 aromatic heterocycles. The van der Waals surface area contributed by atoms with Gasteiger partial charge in [0, 0.05) is 25.2 Å². The number of morpholine rings is 1. The van der Waals surface area contributed by atoms with E-state index in [1.54, 1.807) is 0 Å². The maximum Gasteiger partial charge on any atom is 0.416 e. The maximum atomic E-state index is 13.7. The monoisotopic (exact) mass is 784 g/mol. The minimum atomic E-state index is -5.06. The first-order valence-electron chi connectivity index (χ1n) is 15.6. The van der Waals surface area contributed by atoms with Crippen LogP contribution in [-0.2, 0) is 26.7 Å². The normalized spacial score (nSPS) is 16.3. The number of amides is 2. The Hall–Kier alpha value is -4.69. The van der Waals surface area contributed by atoms with Crippen molar-refractivity contribution >= 4 is 57.8 Å². The number of nitrogens with one attached hydrogen (secondary N) is 2. The number of benzene rings is 3. The van der Waals surface area contributed by atoms with E-state index in [9.17, 15) is 45.8 Å². The van der Waals surface area contributed by atoms with Gasteiger partial charge in [-0.1, -0.05) is 30.0 Å². The molecular formula is C34H30F6N4O7S2. The summed E-state index contributed by atoms with van der Waals surface area (Å²) in [5.74, 6) is -2.26. The SMILES string of the molecule is COc1cc(C(=O)O)ccc1NC(=O)CNN1C(=O)C(=Cc2cc(-c3cc(C(F)(F)F)cc(C(F)(F)F)c3)ccc2OCCN2CCOCC2)SC1=S. The number of carbonyl (C=O) groups is 3. The highest BCUT2D eigenvalue weighted by Gasteiger charge is 2.37. The van der Waals surface area contributed by atoms with E-state index in [1.807, 2.05) is 0 Å². The van der Waals surface area contributed by atoms with E-state index in [2.05, 4.69) is 15.6 Å². The molecule has 2 aliphatic rings. The molecule has 0 atom stereocenters. The number of halogens is 6. The highest BCUT2D eigenvalue weighted by molar-refractivity contribution is 8.26. The van der Waals surface area contributed by atoms with E-state index >= 15 is 0 Å². The topological polar surface area (TPSA) is 130 Å². The van der Waals surface area contributed by atoms with Crippen molar-refractivity contribution in [1.29, 1.82) is 0 Å². The number of anilines is 1. The summed E-state index contributed by atoms with van der Waals surface area (Å²) in [6.07, 6.45) is -8.77. The van der Waals surface area contributed by atoms with Gasteiger partial charge in [0.05, 0.1) is 54.2 Å². The van der Waals surface area contributed by atoms with Crippen molar-refractivity contribution in [3.8, 4) is 22.6 Å². The molecule has 2 saturated heterocycles. The van der Waals surface area contributed by atoms with Gasteiger partial charge in [-0.05, 0) is 65.7 Å². The average Bonchev–Trinajstić information content (AvgIpc) is 3.38. The van der Waals surface area contributed by atoms with Gasteiger partial charge in [0.2, 0.25) is 5.91 Å². The second-order valence-electron chi connectivity index (χ2n) is 11.5. The molecule has 53 heavy (non-hydrogen) atoms. The number of carboxylic acid groups (broad SMARTS) is 1. The van der Waals surface area contributed by atoms with Gasteiger partial charge in [0.25, 0.3) is 5.91 Å². The largest absolute Gasteiger partial charge is 0.495 e. The molecule has 2 amide bonds. The summed E-state index contributed by atoms with van der Waals surface area (Å²) in [6, 6.07) is 9.11. The summed E-state index contributed by atoms with van der Waals surface area (Å²) >= 11 is 6.18. The van der Waals surface area contributed by atoms with Gasteiger partial charge in [-0.25, -0.2) is 15.2 Å². The Labute approximate surface area is 307 Å². The van der Waals surface area contributed by atoms with E-state index in [1.165, 1.54) is 49.6 Å². The molecule has 0 aliphatic carbocycles. The summed E-state index contributed by atoms with van der Waals surface area (Å²) in [5, 5.41) is 12.7. The number of hydrazine groups is 1. The second-order valence-corrected chi connectivity index (χ2v) is 13.1. The fraction of sp³-hybridized carbons (Fsp3) is 0.294. The highest BCUT2D eigenvalue weighted by Crippen LogP contribution is 2.40. The van der Waals surface area contributed by atoms with Crippen molar-refractivity contribution in [3.63, 3.8) is 0 Å². The lowest BCUT2D eigenvalue weighted by Crippen LogP contribution is -2.45.